The van der Waals surface area contributed by atoms with E-state index in [1.165, 1.54) is 5.56 Å². The molecule has 0 radical (unpaired) electrons. The first-order chi connectivity index (χ1) is 9.13. The molecule has 0 fully saturated rings. The summed E-state index contributed by atoms with van der Waals surface area (Å²) in [4.78, 5) is 0. The highest BCUT2D eigenvalue weighted by Crippen LogP contribution is 2.36. The number of benzene rings is 1. The highest BCUT2D eigenvalue weighted by molar-refractivity contribution is 6.32. The number of nitrogens with one attached hydrogen (secondary N) is 1. The van der Waals surface area contributed by atoms with Gasteiger partial charge in [0.25, 0.3) is 0 Å². The van der Waals surface area contributed by atoms with Gasteiger partial charge in [-0.25, -0.2) is 0 Å². The van der Waals surface area contributed by atoms with Crippen LogP contribution in [0.2, 0.25) is 5.02 Å². The minimum absolute atomic E-state index is 0.532. The van der Waals surface area contributed by atoms with Crippen molar-refractivity contribution in [2.45, 2.75) is 6.54 Å². The van der Waals surface area contributed by atoms with E-state index in [1.54, 1.807) is 20.3 Å². The van der Waals surface area contributed by atoms with E-state index in [4.69, 9.17) is 21.1 Å². The van der Waals surface area contributed by atoms with Crippen LogP contribution in [-0.2, 0) is 13.6 Å². The predicted molar refractivity (Wildman–Crippen MR) is 77.3 cm³/mol. The first kappa shape index (κ1) is 13.6. The molecule has 0 aliphatic rings. The van der Waals surface area contributed by atoms with Gasteiger partial charge in [-0.1, -0.05) is 11.6 Å². The molecule has 0 saturated heterocycles. The fourth-order valence-electron chi connectivity index (χ4n) is 1.86. The topological polar surface area (TPSA) is 35.4 Å². The second-order valence-corrected chi connectivity index (χ2v) is 4.63. The molecule has 0 atom stereocenters. The fourth-order valence-corrected chi connectivity index (χ4v) is 2.09. The maximum absolute atomic E-state index is 6.06. The second-order valence-electron chi connectivity index (χ2n) is 4.23. The molecule has 0 amide bonds. The minimum atomic E-state index is 0.532. The van der Waals surface area contributed by atoms with Gasteiger partial charge in [0.05, 0.1) is 24.9 Å². The lowest BCUT2D eigenvalue weighted by Gasteiger charge is -2.13. The summed E-state index contributed by atoms with van der Waals surface area (Å²) in [6, 6.07) is 5.64. The van der Waals surface area contributed by atoms with E-state index in [2.05, 4.69) is 17.6 Å². The van der Waals surface area contributed by atoms with E-state index < -0.39 is 0 Å². The van der Waals surface area contributed by atoms with Gasteiger partial charge >= 0.3 is 0 Å². The van der Waals surface area contributed by atoms with E-state index in [1.807, 2.05) is 23.9 Å². The number of aryl methyl sites for hydroxylation is 1. The quantitative estimate of drug-likeness (QED) is 0.913. The molecule has 102 valence electrons. The van der Waals surface area contributed by atoms with Crippen molar-refractivity contribution >= 4 is 17.3 Å². The number of nitrogens with zero attached hydrogens (tertiary/aromatic N) is 1. The molecule has 5 heteroatoms. The number of ether oxygens (including phenoxy) is 2. The standard InChI is InChI=1S/C14H17ClN2O2/c1-17-5-4-10(9-17)8-16-12-7-13(18-2)11(15)6-14(12)19-3/h4-7,9,16H,8H2,1-3H3. The summed E-state index contributed by atoms with van der Waals surface area (Å²) in [5, 5.41) is 3.85. The molecule has 2 aromatic rings. The molecule has 1 heterocycles. The normalized spacial score (nSPS) is 10.3. The van der Waals surface area contributed by atoms with Gasteiger partial charge in [-0.3, -0.25) is 0 Å². The Hall–Kier alpha value is -1.81. The lowest BCUT2D eigenvalue weighted by Crippen LogP contribution is -2.01. The molecule has 4 nitrogen and oxygen atoms in total. The fraction of sp³-hybridized carbons (Fsp3) is 0.286. The van der Waals surface area contributed by atoms with Crippen molar-refractivity contribution in [3.63, 3.8) is 0 Å². The molecule has 1 N–H and O–H groups in total. The average molecular weight is 281 g/mol. The van der Waals surface area contributed by atoms with Crippen molar-refractivity contribution in [1.29, 1.82) is 0 Å². The van der Waals surface area contributed by atoms with Crippen molar-refractivity contribution in [2.75, 3.05) is 19.5 Å². The second kappa shape index (κ2) is 5.89. The van der Waals surface area contributed by atoms with Crippen molar-refractivity contribution in [3.8, 4) is 11.5 Å². The summed E-state index contributed by atoms with van der Waals surface area (Å²) in [6.07, 6.45) is 4.07. The van der Waals surface area contributed by atoms with Crippen LogP contribution >= 0.6 is 11.6 Å². The molecule has 0 saturated carbocycles. The number of halogens is 1. The Morgan fingerprint density at radius 1 is 1.21 bits per heavy atom. The van der Waals surface area contributed by atoms with Gasteiger partial charge in [0, 0.05) is 38.1 Å². The number of hydrogen-bond acceptors (Lipinski definition) is 3. The molecule has 0 unspecified atom stereocenters. The molecule has 19 heavy (non-hydrogen) atoms. The molecule has 0 aliphatic heterocycles. The maximum Gasteiger partial charge on any atom is 0.143 e. The maximum atomic E-state index is 6.06. The van der Waals surface area contributed by atoms with E-state index in [0.29, 0.717) is 23.1 Å². The number of hydrogen-bond donors (Lipinski definition) is 1. The molecule has 2 rings (SSSR count). The van der Waals surface area contributed by atoms with Crippen LogP contribution in [0.5, 0.6) is 11.5 Å². The lowest BCUT2D eigenvalue weighted by molar-refractivity contribution is 0.404. The van der Waals surface area contributed by atoms with Crippen molar-refractivity contribution in [1.82, 2.24) is 4.57 Å². The third-order valence-electron chi connectivity index (χ3n) is 2.85. The molecular formula is C14H17ClN2O2. The summed E-state index contributed by atoms with van der Waals surface area (Å²) in [5.41, 5.74) is 2.05. The number of methoxy groups -OCH3 is 2. The Kier molecular flexibility index (Phi) is 4.22. The highest BCUT2D eigenvalue weighted by Gasteiger charge is 2.09. The average Bonchev–Trinajstić information content (AvgIpc) is 2.82. The first-order valence-electron chi connectivity index (χ1n) is 5.90. The van der Waals surface area contributed by atoms with Gasteiger partial charge < -0.3 is 19.4 Å². The van der Waals surface area contributed by atoms with Crippen LogP contribution in [0.3, 0.4) is 0 Å². The zero-order chi connectivity index (χ0) is 13.8. The summed E-state index contributed by atoms with van der Waals surface area (Å²) in [5.74, 6) is 1.32. The van der Waals surface area contributed by atoms with E-state index in [0.717, 1.165) is 5.69 Å². The summed E-state index contributed by atoms with van der Waals surface area (Å²) in [6.45, 7) is 0.710. The lowest BCUT2D eigenvalue weighted by atomic mass is 10.2. The molecule has 0 aliphatic carbocycles. The highest BCUT2D eigenvalue weighted by atomic mass is 35.5. The molecule has 1 aromatic carbocycles. The van der Waals surface area contributed by atoms with Gasteiger partial charge in [0.15, 0.2) is 0 Å². The Bertz CT molecular complexity index is 567. The molecule has 0 bridgehead atoms. The molecular weight excluding hydrogens is 264 g/mol. The van der Waals surface area contributed by atoms with Gasteiger partial charge in [0.2, 0.25) is 0 Å². The van der Waals surface area contributed by atoms with E-state index in [-0.39, 0.29) is 0 Å². The van der Waals surface area contributed by atoms with Gasteiger partial charge in [-0.2, -0.15) is 0 Å². The molecule has 0 spiro atoms. The zero-order valence-corrected chi connectivity index (χ0v) is 12.0. The minimum Gasteiger partial charge on any atom is -0.495 e. The number of anilines is 1. The SMILES string of the molecule is COc1cc(NCc2ccn(C)c2)c(OC)cc1Cl. The van der Waals surface area contributed by atoms with Crippen LogP contribution in [0.4, 0.5) is 5.69 Å². The molecule has 1 aromatic heterocycles. The predicted octanol–water partition coefficient (Wildman–Crippen LogP) is 3.31. The van der Waals surface area contributed by atoms with Gasteiger partial charge in [-0.15, -0.1) is 0 Å². The van der Waals surface area contributed by atoms with Crippen LogP contribution in [0, 0.1) is 0 Å². The van der Waals surface area contributed by atoms with E-state index >= 15 is 0 Å². The van der Waals surface area contributed by atoms with Crippen molar-refractivity contribution < 1.29 is 9.47 Å². The van der Waals surface area contributed by atoms with Crippen LogP contribution in [-0.4, -0.2) is 18.8 Å². The summed E-state index contributed by atoms with van der Waals surface area (Å²) in [7, 11) is 5.20. The van der Waals surface area contributed by atoms with Crippen LogP contribution in [0.15, 0.2) is 30.6 Å². The zero-order valence-electron chi connectivity index (χ0n) is 11.2. The Labute approximate surface area is 117 Å². The monoisotopic (exact) mass is 280 g/mol. The van der Waals surface area contributed by atoms with Crippen LogP contribution < -0.4 is 14.8 Å². The third kappa shape index (κ3) is 3.15. The van der Waals surface area contributed by atoms with Gasteiger partial charge in [-0.05, 0) is 11.6 Å². The summed E-state index contributed by atoms with van der Waals surface area (Å²) >= 11 is 6.06. The van der Waals surface area contributed by atoms with Crippen LogP contribution in [0.25, 0.3) is 0 Å². The largest absolute Gasteiger partial charge is 0.495 e. The van der Waals surface area contributed by atoms with Gasteiger partial charge in [0.1, 0.15) is 11.5 Å². The number of aromatic nitrogens is 1. The Balaban J connectivity index is 2.18. The Morgan fingerprint density at radius 3 is 2.53 bits per heavy atom. The van der Waals surface area contributed by atoms with Crippen LogP contribution in [0.1, 0.15) is 5.56 Å². The Morgan fingerprint density at radius 2 is 1.95 bits per heavy atom. The van der Waals surface area contributed by atoms with Crippen molar-refractivity contribution in [2.24, 2.45) is 7.05 Å². The summed E-state index contributed by atoms with van der Waals surface area (Å²) < 4.78 is 12.5. The third-order valence-corrected chi connectivity index (χ3v) is 3.15. The van der Waals surface area contributed by atoms with E-state index in [9.17, 15) is 0 Å². The smallest absolute Gasteiger partial charge is 0.143 e. The first-order valence-corrected chi connectivity index (χ1v) is 6.28. The number of rotatable bonds is 5. The van der Waals surface area contributed by atoms with Crippen molar-refractivity contribution in [3.05, 3.63) is 41.2 Å².